The molecule has 0 fully saturated rings. The average molecular weight is 507 g/mol. The van der Waals surface area contributed by atoms with Crippen molar-refractivity contribution in [3.63, 3.8) is 0 Å². The number of halogens is 2. The lowest BCUT2D eigenvalue weighted by atomic mass is 10.1. The van der Waals surface area contributed by atoms with Crippen LogP contribution in [0.5, 0.6) is 0 Å². The van der Waals surface area contributed by atoms with Crippen LogP contribution in [-0.2, 0) is 17.7 Å². The van der Waals surface area contributed by atoms with E-state index in [9.17, 15) is 0 Å². The number of aliphatic imine (C=N–C) groups is 1. The number of nitrogens with zero attached hydrogens (tertiary/aromatic N) is 4. The van der Waals surface area contributed by atoms with Crippen LogP contribution in [0.1, 0.15) is 31.3 Å². The smallest absolute Gasteiger partial charge is 0.191 e. The molecule has 2 rings (SSSR count). The molecule has 0 spiro atoms. The van der Waals surface area contributed by atoms with E-state index >= 15 is 0 Å². The Labute approximate surface area is 183 Å². The first-order chi connectivity index (χ1) is 12.7. The van der Waals surface area contributed by atoms with E-state index in [0.29, 0.717) is 11.6 Å². The third kappa shape index (κ3) is 7.63. The molecule has 150 valence electrons. The number of nitrogens with one attached hydrogen (secondary N) is 2. The van der Waals surface area contributed by atoms with Gasteiger partial charge in [0.15, 0.2) is 5.96 Å². The SMILES string of the molecule is CCNC(=NCC(OC)c1cccc(Cl)c1)NCCn1cnnc1CC.I. The second-order valence-corrected chi connectivity index (χ2v) is 6.16. The fourth-order valence-corrected chi connectivity index (χ4v) is 2.77. The Hall–Kier alpha value is -1.39. The predicted molar refractivity (Wildman–Crippen MR) is 120 cm³/mol. The maximum absolute atomic E-state index is 6.07. The van der Waals surface area contributed by atoms with Crippen molar-refractivity contribution in [3.8, 4) is 0 Å². The van der Waals surface area contributed by atoms with Crippen LogP contribution in [0, 0.1) is 0 Å². The lowest BCUT2D eigenvalue weighted by molar-refractivity contribution is 0.111. The largest absolute Gasteiger partial charge is 0.375 e. The van der Waals surface area contributed by atoms with Crippen LogP contribution in [0.15, 0.2) is 35.6 Å². The van der Waals surface area contributed by atoms with Gasteiger partial charge in [0.1, 0.15) is 18.3 Å². The van der Waals surface area contributed by atoms with Gasteiger partial charge in [-0.1, -0.05) is 30.7 Å². The summed E-state index contributed by atoms with van der Waals surface area (Å²) in [5.74, 6) is 1.73. The summed E-state index contributed by atoms with van der Waals surface area (Å²) in [7, 11) is 1.68. The van der Waals surface area contributed by atoms with Gasteiger partial charge in [0.2, 0.25) is 0 Å². The topological polar surface area (TPSA) is 76.4 Å². The van der Waals surface area contributed by atoms with Crippen molar-refractivity contribution in [2.75, 3.05) is 26.7 Å². The summed E-state index contributed by atoms with van der Waals surface area (Å²) in [6.45, 7) is 6.90. The zero-order chi connectivity index (χ0) is 18.8. The van der Waals surface area contributed by atoms with Gasteiger partial charge in [-0.3, -0.25) is 4.99 Å². The highest BCUT2D eigenvalue weighted by molar-refractivity contribution is 14.0. The number of rotatable bonds is 9. The van der Waals surface area contributed by atoms with E-state index in [2.05, 4.69) is 32.7 Å². The molecule has 0 aliphatic heterocycles. The van der Waals surface area contributed by atoms with Crippen LogP contribution in [0.4, 0.5) is 0 Å². The van der Waals surface area contributed by atoms with Crippen molar-refractivity contribution in [3.05, 3.63) is 47.0 Å². The highest BCUT2D eigenvalue weighted by atomic mass is 127. The van der Waals surface area contributed by atoms with Gasteiger partial charge in [-0.15, -0.1) is 34.2 Å². The Morgan fingerprint density at radius 3 is 2.81 bits per heavy atom. The van der Waals surface area contributed by atoms with Crippen molar-refractivity contribution in [1.29, 1.82) is 0 Å². The Morgan fingerprint density at radius 2 is 2.15 bits per heavy atom. The summed E-state index contributed by atoms with van der Waals surface area (Å²) in [6.07, 6.45) is 2.47. The maximum Gasteiger partial charge on any atom is 0.191 e. The molecule has 1 heterocycles. The number of hydrogen-bond acceptors (Lipinski definition) is 4. The summed E-state index contributed by atoms with van der Waals surface area (Å²) >= 11 is 6.07. The number of methoxy groups -OCH3 is 1. The number of aromatic nitrogens is 3. The first-order valence-electron chi connectivity index (χ1n) is 8.85. The van der Waals surface area contributed by atoms with E-state index in [-0.39, 0.29) is 30.1 Å². The minimum Gasteiger partial charge on any atom is -0.375 e. The highest BCUT2D eigenvalue weighted by Gasteiger charge is 2.11. The van der Waals surface area contributed by atoms with Crippen molar-refractivity contribution in [2.45, 2.75) is 32.9 Å². The van der Waals surface area contributed by atoms with E-state index < -0.39 is 0 Å². The van der Waals surface area contributed by atoms with E-state index in [1.165, 1.54) is 0 Å². The molecule has 0 saturated carbocycles. The normalized spacial score (nSPS) is 12.4. The van der Waals surface area contributed by atoms with Crippen molar-refractivity contribution in [2.24, 2.45) is 4.99 Å². The fraction of sp³-hybridized carbons (Fsp3) is 0.500. The van der Waals surface area contributed by atoms with Crippen molar-refractivity contribution < 1.29 is 4.74 Å². The van der Waals surface area contributed by atoms with Crippen LogP contribution in [0.2, 0.25) is 5.02 Å². The number of ether oxygens (including phenoxy) is 1. The zero-order valence-corrected chi connectivity index (χ0v) is 19.1. The molecule has 1 atom stereocenters. The van der Waals surface area contributed by atoms with Crippen molar-refractivity contribution in [1.82, 2.24) is 25.4 Å². The Morgan fingerprint density at radius 1 is 1.33 bits per heavy atom. The van der Waals surface area contributed by atoms with Crippen LogP contribution < -0.4 is 10.6 Å². The Bertz CT molecular complexity index is 709. The minimum absolute atomic E-state index is 0. The van der Waals surface area contributed by atoms with Gasteiger partial charge < -0.3 is 19.9 Å². The predicted octanol–water partition coefficient (Wildman–Crippen LogP) is 3.05. The fourth-order valence-electron chi connectivity index (χ4n) is 2.57. The third-order valence-electron chi connectivity index (χ3n) is 3.92. The van der Waals surface area contributed by atoms with Gasteiger partial charge in [-0.25, -0.2) is 0 Å². The summed E-state index contributed by atoms with van der Waals surface area (Å²) in [5, 5.41) is 15.3. The first-order valence-corrected chi connectivity index (χ1v) is 9.22. The third-order valence-corrected chi connectivity index (χ3v) is 4.16. The van der Waals surface area contributed by atoms with E-state index in [4.69, 9.17) is 16.3 Å². The molecule has 0 amide bonds. The maximum atomic E-state index is 6.07. The molecule has 0 saturated heterocycles. The lowest BCUT2D eigenvalue weighted by Gasteiger charge is -2.16. The van der Waals surface area contributed by atoms with Gasteiger partial charge >= 0.3 is 0 Å². The molecule has 7 nitrogen and oxygen atoms in total. The van der Waals surface area contributed by atoms with Gasteiger partial charge in [-0.2, -0.15) is 0 Å². The summed E-state index contributed by atoms with van der Waals surface area (Å²) < 4.78 is 7.61. The molecule has 0 bridgehead atoms. The highest BCUT2D eigenvalue weighted by Crippen LogP contribution is 2.20. The summed E-state index contributed by atoms with van der Waals surface area (Å²) in [4.78, 5) is 4.64. The zero-order valence-electron chi connectivity index (χ0n) is 16.0. The molecule has 1 aromatic heterocycles. The van der Waals surface area contributed by atoms with Gasteiger partial charge in [0, 0.05) is 38.2 Å². The van der Waals surface area contributed by atoms with Crippen LogP contribution in [0.25, 0.3) is 0 Å². The quantitative estimate of drug-likeness (QED) is 0.311. The van der Waals surface area contributed by atoms with Crippen LogP contribution in [-0.4, -0.2) is 47.5 Å². The molecule has 27 heavy (non-hydrogen) atoms. The Balaban J connectivity index is 0.00000364. The molecule has 0 aliphatic rings. The van der Waals surface area contributed by atoms with E-state index in [1.54, 1.807) is 13.4 Å². The molecule has 1 aromatic carbocycles. The van der Waals surface area contributed by atoms with Gasteiger partial charge in [0.05, 0.1) is 6.54 Å². The molecule has 9 heteroatoms. The average Bonchev–Trinajstić information content (AvgIpc) is 3.10. The monoisotopic (exact) mass is 506 g/mol. The number of hydrogen-bond donors (Lipinski definition) is 2. The van der Waals surface area contributed by atoms with Crippen molar-refractivity contribution >= 4 is 41.5 Å². The number of benzene rings is 1. The summed E-state index contributed by atoms with van der Waals surface area (Å²) in [5.41, 5.74) is 1.01. The second kappa shape index (κ2) is 12.9. The van der Waals surface area contributed by atoms with Gasteiger partial charge in [0.25, 0.3) is 0 Å². The van der Waals surface area contributed by atoms with E-state index in [1.807, 2.05) is 35.8 Å². The summed E-state index contributed by atoms with van der Waals surface area (Å²) in [6, 6.07) is 7.67. The van der Waals surface area contributed by atoms with E-state index in [0.717, 1.165) is 43.4 Å². The molecule has 2 N–H and O–H groups in total. The molecule has 0 radical (unpaired) electrons. The Kier molecular flexibility index (Phi) is 11.3. The lowest BCUT2D eigenvalue weighted by Crippen LogP contribution is -2.39. The minimum atomic E-state index is -0.145. The molecular formula is C18H28ClIN6O. The standard InChI is InChI=1S/C18H27ClN6O.HI/c1-4-17-24-23-13-25(17)10-9-21-18(20-5-2)22-12-16(26-3)14-7-6-8-15(19)11-14;/h6-8,11,13,16H,4-5,9-10,12H2,1-3H3,(H2,20,21,22);1H. The second-order valence-electron chi connectivity index (χ2n) is 5.72. The van der Waals surface area contributed by atoms with Crippen LogP contribution in [0.3, 0.4) is 0 Å². The van der Waals surface area contributed by atoms with Gasteiger partial charge in [-0.05, 0) is 24.6 Å². The first kappa shape index (κ1) is 23.6. The molecule has 2 aromatic rings. The molecular weight excluding hydrogens is 479 g/mol. The molecule has 0 aliphatic carbocycles. The molecule has 1 unspecified atom stereocenters. The number of guanidine groups is 1. The van der Waals surface area contributed by atoms with Crippen LogP contribution >= 0.6 is 35.6 Å². The number of aryl methyl sites for hydroxylation is 1.